The number of rotatable bonds is 3. The molecule has 9 heteroatoms. The van der Waals surface area contributed by atoms with E-state index in [1.807, 2.05) is 18.2 Å². The van der Waals surface area contributed by atoms with E-state index < -0.39 is 0 Å². The molecule has 4 rings (SSSR count). The molecule has 0 unspecified atom stereocenters. The third kappa shape index (κ3) is 3.59. The number of likely N-dealkylation sites (tertiary alicyclic amines) is 1. The lowest BCUT2D eigenvalue weighted by Gasteiger charge is -2.32. The van der Waals surface area contributed by atoms with Gasteiger partial charge < -0.3 is 10.2 Å². The van der Waals surface area contributed by atoms with Crippen LogP contribution in [-0.4, -0.2) is 43.8 Å². The molecule has 1 aliphatic heterocycles. The summed E-state index contributed by atoms with van der Waals surface area (Å²) in [7, 11) is 0. The van der Waals surface area contributed by atoms with Gasteiger partial charge in [-0.2, -0.15) is 5.10 Å². The zero-order valence-corrected chi connectivity index (χ0v) is 16.1. The summed E-state index contributed by atoms with van der Waals surface area (Å²) in [6.07, 6.45) is 3.00. The van der Waals surface area contributed by atoms with Crippen LogP contribution in [0.5, 0.6) is 0 Å². The average molecular weight is 386 g/mol. The number of carbonyl (C=O) groups excluding carboxylic acids is 1. The number of nitrogens with zero attached hydrogens (tertiary/aromatic N) is 4. The van der Waals surface area contributed by atoms with Crippen molar-refractivity contribution in [1.29, 1.82) is 0 Å². The highest BCUT2D eigenvalue weighted by Crippen LogP contribution is 2.29. The van der Waals surface area contributed by atoms with E-state index in [-0.39, 0.29) is 17.8 Å². The van der Waals surface area contributed by atoms with Gasteiger partial charge in [-0.25, -0.2) is 19.7 Å². The Balaban J connectivity index is 1.40. The summed E-state index contributed by atoms with van der Waals surface area (Å²) < 4.78 is 2.69. The molecule has 27 heavy (non-hydrogen) atoms. The summed E-state index contributed by atoms with van der Waals surface area (Å²) >= 11 is 1.67. The van der Waals surface area contributed by atoms with E-state index in [1.54, 1.807) is 20.8 Å². The van der Waals surface area contributed by atoms with Crippen molar-refractivity contribution in [2.75, 3.05) is 18.4 Å². The topological polar surface area (TPSA) is 95.9 Å². The van der Waals surface area contributed by atoms with Crippen molar-refractivity contribution in [3.8, 4) is 0 Å². The first-order valence-electron chi connectivity index (χ1n) is 9.09. The van der Waals surface area contributed by atoms with Gasteiger partial charge in [0.15, 0.2) is 0 Å². The Morgan fingerprint density at radius 2 is 2.11 bits per heavy atom. The number of hydrogen-bond acceptors (Lipinski definition) is 5. The smallest absolute Gasteiger partial charge is 0.324 e. The van der Waals surface area contributed by atoms with Crippen molar-refractivity contribution in [3.05, 3.63) is 40.0 Å². The fourth-order valence-corrected chi connectivity index (χ4v) is 4.34. The second kappa shape index (κ2) is 7.15. The van der Waals surface area contributed by atoms with Crippen LogP contribution in [-0.2, 0) is 0 Å². The van der Waals surface area contributed by atoms with E-state index >= 15 is 0 Å². The van der Waals surface area contributed by atoms with Gasteiger partial charge >= 0.3 is 11.7 Å². The number of anilines is 1. The number of hydrogen-bond donors (Lipinski definition) is 2. The molecule has 1 aliphatic rings. The number of thiazole rings is 1. The first-order chi connectivity index (χ1) is 13.0. The van der Waals surface area contributed by atoms with Gasteiger partial charge in [0, 0.05) is 30.7 Å². The lowest BCUT2D eigenvalue weighted by Crippen LogP contribution is -2.42. The molecule has 1 aromatic carbocycles. The van der Waals surface area contributed by atoms with Crippen molar-refractivity contribution < 1.29 is 4.79 Å². The summed E-state index contributed by atoms with van der Waals surface area (Å²) in [5.41, 5.74) is 1.55. The normalized spacial score (nSPS) is 15.6. The molecule has 0 spiro atoms. The van der Waals surface area contributed by atoms with Crippen LogP contribution in [0.4, 0.5) is 10.5 Å². The number of benzene rings is 1. The summed E-state index contributed by atoms with van der Waals surface area (Å²) in [6, 6.07) is 5.80. The summed E-state index contributed by atoms with van der Waals surface area (Å²) in [5.74, 6) is 0.393. The van der Waals surface area contributed by atoms with E-state index in [9.17, 15) is 9.59 Å². The quantitative estimate of drug-likeness (QED) is 0.723. The van der Waals surface area contributed by atoms with E-state index in [4.69, 9.17) is 0 Å². The van der Waals surface area contributed by atoms with Crippen molar-refractivity contribution in [3.63, 3.8) is 0 Å². The molecule has 0 saturated carbocycles. The van der Waals surface area contributed by atoms with Crippen LogP contribution in [0, 0.1) is 0 Å². The van der Waals surface area contributed by atoms with Crippen LogP contribution in [0.3, 0.4) is 0 Å². The Morgan fingerprint density at radius 1 is 1.33 bits per heavy atom. The van der Waals surface area contributed by atoms with Gasteiger partial charge in [-0.3, -0.25) is 4.57 Å². The minimum Gasteiger partial charge on any atom is -0.324 e. The molecule has 8 nitrogen and oxygen atoms in total. The molecular formula is C18H22N6O2S. The van der Waals surface area contributed by atoms with Gasteiger partial charge in [0.25, 0.3) is 0 Å². The van der Waals surface area contributed by atoms with Crippen LogP contribution in [0.15, 0.2) is 29.3 Å². The van der Waals surface area contributed by atoms with Gasteiger partial charge in [-0.05, 0) is 31.0 Å². The molecule has 0 bridgehead atoms. The average Bonchev–Trinajstić information content (AvgIpc) is 3.27. The Morgan fingerprint density at radius 3 is 2.78 bits per heavy atom. The SMILES string of the molecule is CC(C)c1nc2ccc(NC(=O)N3CCC(n4cn[nH]c4=O)CC3)cc2s1. The highest BCUT2D eigenvalue weighted by Gasteiger charge is 2.25. The molecule has 2 N–H and O–H groups in total. The molecule has 1 fully saturated rings. The van der Waals surface area contributed by atoms with E-state index in [1.165, 1.54) is 6.33 Å². The van der Waals surface area contributed by atoms with Crippen LogP contribution < -0.4 is 11.0 Å². The minimum absolute atomic E-state index is 0.0864. The second-order valence-corrected chi connectivity index (χ2v) is 8.17. The second-order valence-electron chi connectivity index (χ2n) is 7.11. The predicted octanol–water partition coefficient (Wildman–Crippen LogP) is 3.17. The lowest BCUT2D eigenvalue weighted by atomic mass is 10.1. The Labute approximate surface area is 160 Å². The zero-order valence-electron chi connectivity index (χ0n) is 15.3. The molecule has 1 saturated heterocycles. The lowest BCUT2D eigenvalue weighted by molar-refractivity contribution is 0.183. The molecule has 2 amide bonds. The number of aromatic amines is 1. The summed E-state index contributed by atoms with van der Waals surface area (Å²) in [6.45, 7) is 5.46. The summed E-state index contributed by atoms with van der Waals surface area (Å²) in [5, 5.41) is 10.3. The molecule has 142 valence electrons. The van der Waals surface area contributed by atoms with Crippen LogP contribution in [0.2, 0.25) is 0 Å². The maximum Gasteiger partial charge on any atom is 0.343 e. The maximum absolute atomic E-state index is 12.6. The first-order valence-corrected chi connectivity index (χ1v) is 9.91. The number of carbonyl (C=O) groups is 1. The molecule has 0 radical (unpaired) electrons. The van der Waals surface area contributed by atoms with Crippen molar-refractivity contribution in [1.82, 2.24) is 24.6 Å². The number of fused-ring (bicyclic) bond motifs is 1. The fourth-order valence-electron chi connectivity index (χ4n) is 3.33. The molecule has 3 heterocycles. The van der Waals surface area contributed by atoms with Gasteiger partial charge in [0.05, 0.1) is 15.2 Å². The van der Waals surface area contributed by atoms with Crippen molar-refractivity contribution in [2.24, 2.45) is 0 Å². The molecular weight excluding hydrogens is 364 g/mol. The first kappa shape index (κ1) is 17.7. The Bertz CT molecular complexity index is 1010. The number of piperidine rings is 1. The molecule has 0 atom stereocenters. The van der Waals surface area contributed by atoms with Crippen LogP contribution >= 0.6 is 11.3 Å². The zero-order chi connectivity index (χ0) is 19.0. The van der Waals surface area contributed by atoms with E-state index in [2.05, 4.69) is 34.3 Å². The number of aromatic nitrogens is 4. The number of urea groups is 1. The molecule has 2 aromatic heterocycles. The van der Waals surface area contributed by atoms with E-state index in [0.29, 0.717) is 19.0 Å². The number of amides is 2. The number of nitrogens with one attached hydrogen (secondary N) is 2. The van der Waals surface area contributed by atoms with Crippen LogP contribution in [0.25, 0.3) is 10.2 Å². The Kier molecular flexibility index (Phi) is 4.69. The molecule has 3 aromatic rings. The largest absolute Gasteiger partial charge is 0.343 e. The fraction of sp³-hybridized carbons (Fsp3) is 0.444. The third-order valence-electron chi connectivity index (χ3n) is 4.87. The van der Waals surface area contributed by atoms with Gasteiger partial charge in [-0.15, -0.1) is 11.3 Å². The standard InChI is InChI=1S/C18H22N6O2S/c1-11(2)16-21-14-4-3-12(9-15(14)27-16)20-17(25)23-7-5-13(6-8-23)24-10-19-22-18(24)26/h3-4,9-11,13H,5-8H2,1-2H3,(H,20,25)(H,22,26). The van der Waals surface area contributed by atoms with E-state index in [0.717, 1.165) is 33.8 Å². The third-order valence-corrected chi connectivity index (χ3v) is 6.19. The minimum atomic E-state index is -0.198. The van der Waals surface area contributed by atoms with Crippen molar-refractivity contribution >= 4 is 33.3 Å². The highest BCUT2D eigenvalue weighted by atomic mass is 32.1. The van der Waals surface area contributed by atoms with Gasteiger partial charge in [0.2, 0.25) is 0 Å². The van der Waals surface area contributed by atoms with Crippen LogP contribution in [0.1, 0.15) is 43.7 Å². The maximum atomic E-state index is 12.6. The molecule has 0 aliphatic carbocycles. The van der Waals surface area contributed by atoms with Gasteiger partial charge in [-0.1, -0.05) is 13.8 Å². The van der Waals surface area contributed by atoms with Gasteiger partial charge in [0.1, 0.15) is 6.33 Å². The predicted molar refractivity (Wildman–Crippen MR) is 105 cm³/mol. The monoisotopic (exact) mass is 386 g/mol. The number of H-pyrrole nitrogens is 1. The van der Waals surface area contributed by atoms with Crippen molar-refractivity contribution in [2.45, 2.75) is 38.6 Å². The Hall–Kier alpha value is -2.68. The summed E-state index contributed by atoms with van der Waals surface area (Å²) in [4.78, 5) is 30.7. The highest BCUT2D eigenvalue weighted by molar-refractivity contribution is 7.18.